The summed E-state index contributed by atoms with van der Waals surface area (Å²) in [4.78, 5) is 0. The van der Waals surface area contributed by atoms with E-state index in [2.05, 4.69) is 48.5 Å². The average Bonchev–Trinajstić information content (AvgIpc) is 2.63. The molecule has 0 aromatic carbocycles. The smallest absolute Gasteiger partial charge is 0.155 e. The summed E-state index contributed by atoms with van der Waals surface area (Å²) in [6.45, 7) is 16.9. The van der Waals surface area contributed by atoms with Crippen molar-refractivity contribution in [3.8, 4) is 0 Å². The second kappa shape index (κ2) is 10.0. The minimum Gasteiger partial charge on any atom is -0.350 e. The Bertz CT molecular complexity index is 485. The molecule has 6 atom stereocenters. The van der Waals surface area contributed by atoms with Gasteiger partial charge in [-0.15, -0.1) is 0 Å². The van der Waals surface area contributed by atoms with Gasteiger partial charge in [-0.25, -0.2) is 0 Å². The lowest BCUT2D eigenvalue weighted by molar-refractivity contribution is -0.216. The number of hydrogen-bond acceptors (Lipinski definition) is 2. The van der Waals surface area contributed by atoms with Gasteiger partial charge in [-0.2, -0.15) is 0 Å². The van der Waals surface area contributed by atoms with Gasteiger partial charge in [0.1, 0.15) is 0 Å². The lowest BCUT2D eigenvalue weighted by Gasteiger charge is -2.52. The van der Waals surface area contributed by atoms with E-state index in [9.17, 15) is 0 Å². The first-order valence-corrected chi connectivity index (χ1v) is 13.0. The fourth-order valence-electron chi connectivity index (χ4n) is 7.66. The van der Waals surface area contributed by atoms with Crippen molar-refractivity contribution in [1.82, 2.24) is 0 Å². The van der Waals surface area contributed by atoms with Crippen LogP contribution in [0.2, 0.25) is 0 Å². The van der Waals surface area contributed by atoms with Gasteiger partial charge in [-0.05, 0) is 99.2 Å². The summed E-state index contributed by atoms with van der Waals surface area (Å²) < 4.78 is 13.0. The summed E-state index contributed by atoms with van der Waals surface area (Å²) in [6, 6.07) is 0. The third-order valence-corrected chi connectivity index (χ3v) is 8.57. The van der Waals surface area contributed by atoms with Gasteiger partial charge in [0.05, 0.1) is 12.2 Å². The maximum Gasteiger partial charge on any atom is 0.155 e. The highest BCUT2D eigenvalue weighted by Gasteiger charge is 2.46. The number of ether oxygens (including phenoxy) is 2. The van der Waals surface area contributed by atoms with Crippen molar-refractivity contribution in [2.75, 3.05) is 0 Å². The van der Waals surface area contributed by atoms with Gasteiger partial charge in [-0.3, -0.25) is 0 Å². The van der Waals surface area contributed by atoms with Gasteiger partial charge < -0.3 is 9.47 Å². The highest BCUT2D eigenvalue weighted by atomic mass is 16.7. The van der Waals surface area contributed by atoms with E-state index in [0.717, 1.165) is 35.5 Å². The van der Waals surface area contributed by atoms with Crippen molar-refractivity contribution in [3.05, 3.63) is 0 Å². The van der Waals surface area contributed by atoms with E-state index >= 15 is 0 Å². The zero-order chi connectivity index (χ0) is 21.2. The van der Waals surface area contributed by atoms with E-state index in [1.807, 2.05) is 0 Å². The van der Waals surface area contributed by atoms with Crippen LogP contribution in [0.3, 0.4) is 0 Å². The molecule has 6 unspecified atom stereocenters. The third-order valence-electron chi connectivity index (χ3n) is 8.57. The van der Waals surface area contributed by atoms with Crippen molar-refractivity contribution in [3.63, 3.8) is 0 Å². The molecular formula is C27H50O2. The molecule has 0 amide bonds. The van der Waals surface area contributed by atoms with Crippen LogP contribution in [0.4, 0.5) is 0 Å². The van der Waals surface area contributed by atoms with Crippen molar-refractivity contribution in [2.24, 2.45) is 40.9 Å². The molecule has 0 aromatic heterocycles. The number of hydrogen-bond donors (Lipinski definition) is 0. The van der Waals surface area contributed by atoms with E-state index in [1.54, 1.807) is 0 Å². The van der Waals surface area contributed by atoms with E-state index in [-0.39, 0.29) is 6.29 Å². The van der Waals surface area contributed by atoms with Crippen molar-refractivity contribution in [1.29, 1.82) is 0 Å². The predicted octanol–water partition coefficient (Wildman–Crippen LogP) is 7.85. The Morgan fingerprint density at radius 1 is 0.724 bits per heavy atom. The molecule has 3 aliphatic rings. The second-order valence-electron chi connectivity index (χ2n) is 12.2. The van der Waals surface area contributed by atoms with Gasteiger partial charge in [0.2, 0.25) is 0 Å². The van der Waals surface area contributed by atoms with E-state index in [1.165, 1.54) is 64.2 Å². The Hall–Kier alpha value is -0.0800. The SMILES string of the molecule is CC1CCC(OC(C)OC2CCCC3C2CCCC3C(C(C)C)C(C)(C)C)CC1. The van der Waals surface area contributed by atoms with Crippen LogP contribution >= 0.6 is 0 Å². The molecule has 0 bridgehead atoms. The van der Waals surface area contributed by atoms with Crippen molar-refractivity contribution in [2.45, 2.75) is 131 Å². The van der Waals surface area contributed by atoms with Crippen LogP contribution in [-0.4, -0.2) is 18.5 Å². The van der Waals surface area contributed by atoms with E-state index in [0.29, 0.717) is 17.6 Å². The zero-order valence-corrected chi connectivity index (χ0v) is 20.6. The molecule has 0 heterocycles. The van der Waals surface area contributed by atoms with Gasteiger partial charge in [0.25, 0.3) is 0 Å². The molecule has 0 aromatic rings. The Morgan fingerprint density at radius 3 is 1.97 bits per heavy atom. The van der Waals surface area contributed by atoms with Gasteiger partial charge in [-0.1, -0.05) is 54.4 Å². The monoisotopic (exact) mass is 406 g/mol. The second-order valence-corrected chi connectivity index (χ2v) is 12.2. The first kappa shape index (κ1) is 23.6. The Labute approximate surface area is 181 Å². The van der Waals surface area contributed by atoms with Crippen LogP contribution in [0.5, 0.6) is 0 Å². The molecule has 3 rings (SSSR count). The number of fused-ring (bicyclic) bond motifs is 1. The standard InChI is InChI=1S/C27H50O2/c1-18(2)26(27(5,6)7)24-12-8-11-23-22(24)10-9-13-25(23)29-20(4)28-21-16-14-19(3)15-17-21/h18-26H,8-17H2,1-7H3. The molecule has 0 saturated heterocycles. The fourth-order valence-corrected chi connectivity index (χ4v) is 7.66. The highest BCUT2D eigenvalue weighted by molar-refractivity contribution is 4.95. The molecule has 0 radical (unpaired) electrons. The predicted molar refractivity (Wildman–Crippen MR) is 123 cm³/mol. The molecule has 2 heteroatoms. The summed E-state index contributed by atoms with van der Waals surface area (Å²) in [7, 11) is 0. The van der Waals surface area contributed by atoms with Crippen LogP contribution in [0.15, 0.2) is 0 Å². The first-order valence-electron chi connectivity index (χ1n) is 13.0. The van der Waals surface area contributed by atoms with Crippen molar-refractivity contribution < 1.29 is 9.47 Å². The van der Waals surface area contributed by atoms with Crippen LogP contribution in [0.1, 0.15) is 113 Å². The maximum atomic E-state index is 6.64. The summed E-state index contributed by atoms with van der Waals surface area (Å²) in [5.74, 6) is 4.93. The van der Waals surface area contributed by atoms with Crippen LogP contribution in [-0.2, 0) is 9.47 Å². The Kier molecular flexibility index (Phi) is 8.15. The minimum absolute atomic E-state index is 0.0407. The molecule has 0 spiro atoms. The Morgan fingerprint density at radius 2 is 1.34 bits per heavy atom. The van der Waals surface area contributed by atoms with Crippen LogP contribution in [0.25, 0.3) is 0 Å². The quantitative estimate of drug-likeness (QED) is 0.418. The molecule has 29 heavy (non-hydrogen) atoms. The summed E-state index contributed by atoms with van der Waals surface area (Å²) in [6.07, 6.45) is 14.1. The van der Waals surface area contributed by atoms with Gasteiger partial charge in [0.15, 0.2) is 6.29 Å². The van der Waals surface area contributed by atoms with E-state index < -0.39 is 0 Å². The third kappa shape index (κ3) is 6.00. The van der Waals surface area contributed by atoms with Crippen LogP contribution < -0.4 is 0 Å². The zero-order valence-electron chi connectivity index (χ0n) is 20.6. The van der Waals surface area contributed by atoms with Crippen LogP contribution in [0, 0.1) is 40.9 Å². The maximum absolute atomic E-state index is 6.64. The Balaban J connectivity index is 1.62. The summed E-state index contributed by atoms with van der Waals surface area (Å²) >= 11 is 0. The summed E-state index contributed by atoms with van der Waals surface area (Å²) in [5, 5.41) is 0. The van der Waals surface area contributed by atoms with Gasteiger partial charge in [0, 0.05) is 0 Å². The highest BCUT2D eigenvalue weighted by Crippen LogP contribution is 2.52. The van der Waals surface area contributed by atoms with Crippen molar-refractivity contribution >= 4 is 0 Å². The molecule has 2 nitrogen and oxygen atoms in total. The summed E-state index contributed by atoms with van der Waals surface area (Å²) in [5.41, 5.74) is 0.392. The molecule has 3 saturated carbocycles. The first-order chi connectivity index (χ1) is 13.7. The molecule has 3 fully saturated rings. The molecule has 0 N–H and O–H groups in total. The minimum atomic E-state index is -0.0407. The molecule has 0 aliphatic heterocycles. The van der Waals surface area contributed by atoms with Gasteiger partial charge >= 0.3 is 0 Å². The molecule has 3 aliphatic carbocycles. The number of rotatable bonds is 6. The molecule has 170 valence electrons. The van der Waals surface area contributed by atoms with E-state index in [4.69, 9.17) is 9.47 Å². The topological polar surface area (TPSA) is 18.5 Å². The largest absolute Gasteiger partial charge is 0.350 e. The lowest BCUT2D eigenvalue weighted by Crippen LogP contribution is -2.47. The average molecular weight is 407 g/mol. The molecular weight excluding hydrogens is 356 g/mol. The normalized spacial score (nSPS) is 38.5. The fraction of sp³-hybridized carbons (Fsp3) is 1.00. The lowest BCUT2D eigenvalue weighted by atomic mass is 9.55.